The molecule has 0 saturated heterocycles. The molecule has 284 valence electrons. The highest BCUT2D eigenvalue weighted by Crippen LogP contribution is 2.48. The zero-order chi connectivity index (χ0) is 40.3. The highest BCUT2D eigenvalue weighted by Gasteiger charge is 2.31. The highest BCUT2D eigenvalue weighted by atomic mass is 15.2. The molecule has 0 spiro atoms. The van der Waals surface area contributed by atoms with Gasteiger partial charge in [-0.25, -0.2) is 4.98 Å². The average Bonchev–Trinajstić information content (AvgIpc) is 3.63. The van der Waals surface area contributed by atoms with Crippen LogP contribution in [0.3, 0.4) is 0 Å². The van der Waals surface area contributed by atoms with Crippen LogP contribution < -0.4 is 9.80 Å². The monoisotopic (exact) mass is 745 g/mol. The maximum atomic E-state index is 5.33. The summed E-state index contributed by atoms with van der Waals surface area (Å²) in [5.41, 5.74) is 13.9. The standard InChI is InChI=1S/C48H41N5.C2H6.C2H4/c1-5-19-34(2)46-48(51(4)38-22-11-7-12-23-38)41-29-31-52(44-28-16-15-26-40(44)35(3)47(41)53(46)39-24-13-8-14-25-39)45-33-37(42-27-17-18-30-49-42)32-43(50-45)36-20-9-6-10-21-36;2*1-2/h5-17,19-29,31-33H,2-3,18,30H2,1,4H3;1-2H3;1-2H2/b19-5-,31-29-;;. The summed E-state index contributed by atoms with van der Waals surface area (Å²) in [4.78, 5) is 14.7. The van der Waals surface area contributed by atoms with Gasteiger partial charge in [-0.1, -0.05) is 130 Å². The van der Waals surface area contributed by atoms with Crippen LogP contribution in [0.25, 0.3) is 34.2 Å². The van der Waals surface area contributed by atoms with E-state index in [1.54, 1.807) is 0 Å². The Morgan fingerprint density at radius 2 is 1.44 bits per heavy atom. The number of dihydropyridines is 1. The minimum Gasteiger partial charge on any atom is -0.342 e. The maximum absolute atomic E-state index is 5.33. The molecule has 57 heavy (non-hydrogen) atoms. The third-order valence-electron chi connectivity index (χ3n) is 9.79. The first-order chi connectivity index (χ1) is 28.0. The molecule has 0 atom stereocenters. The van der Waals surface area contributed by atoms with Crippen LogP contribution in [0, 0.1) is 0 Å². The molecule has 0 unspecified atom stereocenters. The molecule has 0 bridgehead atoms. The van der Waals surface area contributed by atoms with E-state index in [1.165, 1.54) is 0 Å². The molecule has 0 fully saturated rings. The first-order valence-corrected chi connectivity index (χ1v) is 19.5. The van der Waals surface area contributed by atoms with Gasteiger partial charge in [0.1, 0.15) is 5.82 Å². The lowest BCUT2D eigenvalue weighted by atomic mass is 9.96. The summed E-state index contributed by atoms with van der Waals surface area (Å²) in [7, 11) is 2.13. The van der Waals surface area contributed by atoms with Crippen LogP contribution >= 0.6 is 0 Å². The molecule has 2 aliphatic rings. The van der Waals surface area contributed by atoms with Crippen molar-refractivity contribution < 1.29 is 0 Å². The van der Waals surface area contributed by atoms with Gasteiger partial charge < -0.3 is 14.4 Å². The Morgan fingerprint density at radius 3 is 2.11 bits per heavy atom. The number of fused-ring (bicyclic) bond motifs is 2. The first kappa shape index (κ1) is 39.7. The van der Waals surface area contributed by atoms with Crippen LogP contribution in [-0.2, 0) is 0 Å². The topological polar surface area (TPSA) is 36.7 Å². The van der Waals surface area contributed by atoms with Gasteiger partial charge in [-0.15, -0.1) is 13.2 Å². The minimum absolute atomic E-state index is 0.774. The fourth-order valence-electron chi connectivity index (χ4n) is 7.30. The molecule has 8 rings (SSSR count). The van der Waals surface area contributed by atoms with E-state index >= 15 is 0 Å². The van der Waals surface area contributed by atoms with Crippen molar-refractivity contribution in [3.05, 3.63) is 212 Å². The number of pyridine rings is 1. The number of anilines is 4. The third kappa shape index (κ3) is 8.05. The molecule has 0 N–H and O–H groups in total. The Bertz CT molecular complexity index is 2470. The molecule has 0 radical (unpaired) electrons. The van der Waals surface area contributed by atoms with Crippen molar-refractivity contribution in [2.45, 2.75) is 27.2 Å². The molecule has 2 aromatic heterocycles. The molecule has 0 aliphatic carbocycles. The van der Waals surface area contributed by atoms with Crippen molar-refractivity contribution in [2.75, 3.05) is 23.4 Å². The Kier molecular flexibility index (Phi) is 12.9. The van der Waals surface area contributed by atoms with E-state index < -0.39 is 0 Å². The van der Waals surface area contributed by atoms with Crippen LogP contribution in [0.1, 0.15) is 55.3 Å². The van der Waals surface area contributed by atoms with Gasteiger partial charge in [0.15, 0.2) is 0 Å². The van der Waals surface area contributed by atoms with Crippen molar-refractivity contribution in [1.82, 2.24) is 9.55 Å². The van der Waals surface area contributed by atoms with E-state index in [9.17, 15) is 0 Å². The van der Waals surface area contributed by atoms with Gasteiger partial charge in [-0.2, -0.15) is 0 Å². The molecular weight excluding hydrogens is 695 g/mol. The van der Waals surface area contributed by atoms with E-state index in [4.69, 9.17) is 16.6 Å². The van der Waals surface area contributed by atoms with E-state index in [1.807, 2.05) is 39.0 Å². The van der Waals surface area contributed by atoms with Gasteiger partial charge in [-0.3, -0.25) is 4.99 Å². The van der Waals surface area contributed by atoms with Gasteiger partial charge in [-0.05, 0) is 73.5 Å². The molecular formula is C52H51N5. The van der Waals surface area contributed by atoms with E-state index in [2.05, 4.69) is 187 Å². The second kappa shape index (κ2) is 18.6. The fourth-order valence-corrected chi connectivity index (χ4v) is 7.30. The van der Waals surface area contributed by atoms with Crippen molar-refractivity contribution >= 4 is 45.8 Å². The van der Waals surface area contributed by atoms with Gasteiger partial charge in [0.05, 0.1) is 34.2 Å². The Hall–Kier alpha value is -6.98. The summed E-state index contributed by atoms with van der Waals surface area (Å²) in [5.74, 6) is 0.794. The number of aliphatic imine (C=N–C) groups is 1. The highest BCUT2D eigenvalue weighted by molar-refractivity contribution is 6.10. The smallest absolute Gasteiger partial charge is 0.138 e. The summed E-state index contributed by atoms with van der Waals surface area (Å²) in [6.07, 6.45) is 13.8. The molecule has 4 aromatic carbocycles. The first-order valence-electron chi connectivity index (χ1n) is 19.5. The van der Waals surface area contributed by atoms with Gasteiger partial charge in [0, 0.05) is 59.0 Å². The number of allylic oxidation sites excluding steroid dienone is 4. The summed E-state index contributed by atoms with van der Waals surface area (Å²) in [6, 6.07) is 44.1. The zero-order valence-electron chi connectivity index (χ0n) is 33.6. The lowest BCUT2D eigenvalue weighted by Gasteiger charge is -2.27. The molecule has 4 heterocycles. The second-order valence-corrected chi connectivity index (χ2v) is 13.2. The molecule has 2 aliphatic heterocycles. The van der Waals surface area contributed by atoms with Crippen LogP contribution in [0.5, 0.6) is 0 Å². The predicted molar refractivity (Wildman–Crippen MR) is 247 cm³/mol. The number of hydrogen-bond acceptors (Lipinski definition) is 4. The summed E-state index contributed by atoms with van der Waals surface area (Å²) >= 11 is 0. The normalized spacial score (nSPS) is 13.4. The van der Waals surface area contributed by atoms with Crippen LogP contribution in [0.2, 0.25) is 0 Å². The van der Waals surface area contributed by atoms with E-state index in [-0.39, 0.29) is 0 Å². The SMILES string of the molecule is C=C.C=C1c2ccccc2N(c2cc(C3=NCCC=C3)cc(-c3ccccc3)n2)/C=C\c2c(N(C)c3ccccc3)c(C(=C)/C=C\C)n(-c3ccccc3)c21.CC. The van der Waals surface area contributed by atoms with Crippen molar-refractivity contribution in [2.24, 2.45) is 4.99 Å². The minimum atomic E-state index is 0.774. The van der Waals surface area contributed by atoms with Crippen molar-refractivity contribution in [1.29, 1.82) is 0 Å². The van der Waals surface area contributed by atoms with Crippen LogP contribution in [0.15, 0.2) is 189 Å². The lowest BCUT2D eigenvalue weighted by Crippen LogP contribution is -2.16. The van der Waals surface area contributed by atoms with E-state index in [0.29, 0.717) is 0 Å². The Morgan fingerprint density at radius 1 is 0.789 bits per heavy atom. The molecule has 5 heteroatoms. The van der Waals surface area contributed by atoms with Crippen LogP contribution in [-0.4, -0.2) is 28.9 Å². The average molecular weight is 746 g/mol. The predicted octanol–water partition coefficient (Wildman–Crippen LogP) is 13.7. The Balaban J connectivity index is 0.00000133. The Labute approximate surface area is 339 Å². The molecule has 5 nitrogen and oxygen atoms in total. The number of para-hydroxylation sites is 3. The van der Waals surface area contributed by atoms with Gasteiger partial charge in [0.2, 0.25) is 0 Å². The number of rotatable bonds is 8. The van der Waals surface area contributed by atoms with Crippen molar-refractivity contribution in [3.8, 4) is 16.9 Å². The van der Waals surface area contributed by atoms with E-state index in [0.717, 1.165) is 97.7 Å². The summed E-state index contributed by atoms with van der Waals surface area (Å²) in [5, 5.41) is 0. The number of aromatic nitrogens is 2. The molecule has 0 amide bonds. The molecule has 6 aromatic rings. The summed E-state index contributed by atoms with van der Waals surface area (Å²) < 4.78 is 2.32. The fraction of sp³-hybridized carbons (Fsp3) is 0.115. The number of hydrogen-bond donors (Lipinski definition) is 0. The number of benzene rings is 4. The largest absolute Gasteiger partial charge is 0.342 e. The zero-order valence-corrected chi connectivity index (χ0v) is 33.6. The second-order valence-electron chi connectivity index (χ2n) is 13.2. The maximum Gasteiger partial charge on any atom is 0.138 e. The summed E-state index contributed by atoms with van der Waals surface area (Å²) in [6.45, 7) is 22.3. The van der Waals surface area contributed by atoms with Crippen LogP contribution in [0.4, 0.5) is 22.9 Å². The quantitative estimate of drug-likeness (QED) is 0.115. The molecule has 0 saturated carbocycles. The number of nitrogens with zero attached hydrogens (tertiary/aromatic N) is 5. The van der Waals surface area contributed by atoms with Gasteiger partial charge >= 0.3 is 0 Å². The van der Waals surface area contributed by atoms with Gasteiger partial charge in [0.25, 0.3) is 0 Å². The third-order valence-corrected chi connectivity index (χ3v) is 9.79. The van der Waals surface area contributed by atoms with Crippen molar-refractivity contribution in [3.63, 3.8) is 0 Å². The lowest BCUT2D eigenvalue weighted by molar-refractivity contribution is 0.993.